The van der Waals surface area contributed by atoms with Gasteiger partial charge >= 0.3 is 0 Å². The standard InChI is InChI=1S/C6H3ClN2O3/c7-5-3-4(9(11)12)1-2-6(5)8-10/h1-3H. The Kier molecular flexibility index (Phi) is 2.35. The molecule has 6 heteroatoms. The minimum atomic E-state index is -0.597. The summed E-state index contributed by atoms with van der Waals surface area (Å²) in [6.07, 6.45) is 0. The van der Waals surface area contributed by atoms with E-state index in [0.717, 1.165) is 6.07 Å². The molecule has 0 bridgehead atoms. The molecule has 0 saturated carbocycles. The van der Waals surface area contributed by atoms with Gasteiger partial charge in [0.1, 0.15) is 5.69 Å². The molecule has 0 radical (unpaired) electrons. The molecular formula is C6H3ClN2O3. The molecule has 1 aromatic rings. The fraction of sp³-hybridized carbons (Fsp3) is 0. The van der Waals surface area contributed by atoms with Crippen LogP contribution in [-0.2, 0) is 0 Å². The third-order valence-electron chi connectivity index (χ3n) is 1.24. The van der Waals surface area contributed by atoms with Crippen molar-refractivity contribution in [2.24, 2.45) is 5.18 Å². The molecule has 0 amide bonds. The zero-order valence-electron chi connectivity index (χ0n) is 5.73. The lowest BCUT2D eigenvalue weighted by Crippen LogP contribution is -1.86. The van der Waals surface area contributed by atoms with Gasteiger partial charge in [0.05, 0.1) is 9.95 Å². The molecule has 0 aromatic heterocycles. The van der Waals surface area contributed by atoms with E-state index in [9.17, 15) is 15.0 Å². The van der Waals surface area contributed by atoms with Crippen molar-refractivity contribution in [2.45, 2.75) is 0 Å². The van der Waals surface area contributed by atoms with E-state index in [0.29, 0.717) is 0 Å². The lowest BCUT2D eigenvalue weighted by atomic mass is 10.3. The molecule has 62 valence electrons. The molecule has 0 aliphatic carbocycles. The lowest BCUT2D eigenvalue weighted by Gasteiger charge is -1.93. The van der Waals surface area contributed by atoms with Crippen LogP contribution < -0.4 is 0 Å². The van der Waals surface area contributed by atoms with Gasteiger partial charge in [-0.25, -0.2) is 0 Å². The van der Waals surface area contributed by atoms with Gasteiger partial charge in [-0.2, -0.15) is 0 Å². The molecule has 0 unspecified atom stereocenters. The Balaban J connectivity index is 3.18. The third-order valence-corrected chi connectivity index (χ3v) is 1.54. The Bertz CT molecular complexity index is 340. The highest BCUT2D eigenvalue weighted by Gasteiger charge is 2.08. The molecular weight excluding hydrogens is 184 g/mol. The average molecular weight is 187 g/mol. The van der Waals surface area contributed by atoms with Crippen LogP contribution in [0.15, 0.2) is 23.4 Å². The van der Waals surface area contributed by atoms with Gasteiger partial charge in [0.2, 0.25) is 0 Å². The minimum Gasteiger partial charge on any atom is -0.258 e. The van der Waals surface area contributed by atoms with E-state index < -0.39 is 4.92 Å². The molecule has 5 nitrogen and oxygen atoms in total. The van der Waals surface area contributed by atoms with Gasteiger partial charge in [-0.3, -0.25) is 10.1 Å². The summed E-state index contributed by atoms with van der Waals surface area (Å²) in [6, 6.07) is 3.45. The molecule has 0 fully saturated rings. The van der Waals surface area contributed by atoms with Crippen LogP contribution in [0.2, 0.25) is 5.02 Å². The largest absolute Gasteiger partial charge is 0.271 e. The molecule has 0 spiro atoms. The number of nitroso groups, excluding NO2 is 1. The predicted octanol–water partition coefficient (Wildman–Crippen LogP) is 2.65. The predicted molar refractivity (Wildman–Crippen MR) is 43.6 cm³/mol. The average Bonchev–Trinajstić information content (AvgIpc) is 2.04. The second-order valence-electron chi connectivity index (χ2n) is 1.98. The highest BCUT2D eigenvalue weighted by molar-refractivity contribution is 6.33. The van der Waals surface area contributed by atoms with Gasteiger partial charge in [0.15, 0.2) is 0 Å². The second kappa shape index (κ2) is 3.27. The normalized spacial score (nSPS) is 9.42. The first-order valence-electron chi connectivity index (χ1n) is 2.92. The van der Waals surface area contributed by atoms with Gasteiger partial charge in [0.25, 0.3) is 5.69 Å². The quantitative estimate of drug-likeness (QED) is 0.405. The summed E-state index contributed by atoms with van der Waals surface area (Å²) in [6.45, 7) is 0. The van der Waals surface area contributed by atoms with E-state index in [1.54, 1.807) is 0 Å². The third kappa shape index (κ3) is 1.57. The van der Waals surface area contributed by atoms with Crippen molar-refractivity contribution in [2.75, 3.05) is 0 Å². The minimum absolute atomic E-state index is 0.00210. The molecule has 0 saturated heterocycles. The molecule has 0 atom stereocenters. The molecule has 0 heterocycles. The van der Waals surface area contributed by atoms with Crippen LogP contribution >= 0.6 is 11.6 Å². The summed E-state index contributed by atoms with van der Waals surface area (Å²) in [5.74, 6) is 0. The van der Waals surface area contributed by atoms with E-state index >= 15 is 0 Å². The SMILES string of the molecule is O=Nc1ccc([N+](=O)[O-])cc1Cl. The van der Waals surface area contributed by atoms with Crippen LogP contribution in [0.5, 0.6) is 0 Å². The Morgan fingerprint density at radius 1 is 1.50 bits per heavy atom. The number of hydrogen-bond donors (Lipinski definition) is 0. The first-order valence-corrected chi connectivity index (χ1v) is 3.30. The van der Waals surface area contributed by atoms with E-state index in [4.69, 9.17) is 11.6 Å². The molecule has 1 rings (SSSR count). The fourth-order valence-electron chi connectivity index (χ4n) is 0.683. The summed E-state index contributed by atoms with van der Waals surface area (Å²) >= 11 is 5.48. The van der Waals surface area contributed by atoms with Crippen molar-refractivity contribution >= 4 is 23.0 Å². The van der Waals surface area contributed by atoms with Crippen LogP contribution in [0, 0.1) is 15.0 Å². The van der Waals surface area contributed by atoms with Crippen molar-refractivity contribution < 1.29 is 4.92 Å². The van der Waals surface area contributed by atoms with Crippen LogP contribution in [0.1, 0.15) is 0 Å². The topological polar surface area (TPSA) is 72.6 Å². The van der Waals surface area contributed by atoms with Crippen LogP contribution in [-0.4, -0.2) is 4.92 Å². The number of non-ortho nitro benzene ring substituents is 1. The number of nitrogens with zero attached hydrogens (tertiary/aromatic N) is 2. The number of benzene rings is 1. The van der Waals surface area contributed by atoms with Crippen molar-refractivity contribution in [3.63, 3.8) is 0 Å². The molecule has 0 N–H and O–H groups in total. The number of nitro groups is 1. The van der Waals surface area contributed by atoms with Crippen molar-refractivity contribution in [1.82, 2.24) is 0 Å². The molecule has 12 heavy (non-hydrogen) atoms. The van der Waals surface area contributed by atoms with Gasteiger partial charge in [-0.05, 0) is 11.2 Å². The van der Waals surface area contributed by atoms with Gasteiger partial charge in [-0.1, -0.05) is 11.6 Å². The molecule has 0 aliphatic rings. The number of nitro benzene ring substituents is 1. The van der Waals surface area contributed by atoms with E-state index in [-0.39, 0.29) is 16.4 Å². The lowest BCUT2D eigenvalue weighted by molar-refractivity contribution is -0.384. The summed E-state index contributed by atoms with van der Waals surface area (Å²) < 4.78 is 0. The van der Waals surface area contributed by atoms with E-state index in [1.807, 2.05) is 0 Å². The van der Waals surface area contributed by atoms with Gasteiger partial charge in [-0.15, -0.1) is 4.91 Å². The maximum Gasteiger partial charge on any atom is 0.271 e. The van der Waals surface area contributed by atoms with E-state index in [2.05, 4.69) is 5.18 Å². The maximum atomic E-state index is 10.2. The first-order chi connectivity index (χ1) is 5.65. The number of halogens is 1. The monoisotopic (exact) mass is 186 g/mol. The van der Waals surface area contributed by atoms with Crippen molar-refractivity contribution in [3.05, 3.63) is 38.2 Å². The summed E-state index contributed by atoms with van der Waals surface area (Å²) in [5, 5.41) is 12.7. The highest BCUT2D eigenvalue weighted by Crippen LogP contribution is 2.28. The zero-order chi connectivity index (χ0) is 9.14. The smallest absolute Gasteiger partial charge is 0.258 e. The van der Waals surface area contributed by atoms with Crippen LogP contribution in [0.3, 0.4) is 0 Å². The Morgan fingerprint density at radius 3 is 2.58 bits per heavy atom. The Hall–Kier alpha value is -1.49. The summed E-state index contributed by atoms with van der Waals surface area (Å²) in [4.78, 5) is 19.6. The first kappa shape index (κ1) is 8.61. The summed E-state index contributed by atoms with van der Waals surface area (Å²) in [7, 11) is 0. The Morgan fingerprint density at radius 2 is 2.17 bits per heavy atom. The summed E-state index contributed by atoms with van der Waals surface area (Å²) in [5.41, 5.74) is -0.158. The number of hydrogen-bond acceptors (Lipinski definition) is 4. The van der Waals surface area contributed by atoms with Gasteiger partial charge in [0, 0.05) is 12.1 Å². The molecule has 1 aromatic carbocycles. The van der Waals surface area contributed by atoms with Crippen LogP contribution in [0.25, 0.3) is 0 Å². The van der Waals surface area contributed by atoms with Crippen molar-refractivity contribution in [1.29, 1.82) is 0 Å². The van der Waals surface area contributed by atoms with Crippen molar-refractivity contribution in [3.8, 4) is 0 Å². The number of rotatable bonds is 2. The zero-order valence-corrected chi connectivity index (χ0v) is 6.49. The fourth-order valence-corrected chi connectivity index (χ4v) is 0.893. The highest BCUT2D eigenvalue weighted by atomic mass is 35.5. The molecule has 0 aliphatic heterocycles. The maximum absolute atomic E-state index is 10.2. The second-order valence-corrected chi connectivity index (χ2v) is 2.39. The van der Waals surface area contributed by atoms with Gasteiger partial charge < -0.3 is 0 Å². The Labute approximate surface area is 72.1 Å². The van der Waals surface area contributed by atoms with Crippen LogP contribution in [0.4, 0.5) is 11.4 Å². The van der Waals surface area contributed by atoms with E-state index in [1.165, 1.54) is 12.1 Å².